The van der Waals surface area contributed by atoms with Crippen molar-refractivity contribution in [1.82, 2.24) is 15.0 Å². The van der Waals surface area contributed by atoms with Crippen molar-refractivity contribution in [1.29, 1.82) is 0 Å². The van der Waals surface area contributed by atoms with Gasteiger partial charge in [-0.25, -0.2) is 4.68 Å². The Morgan fingerprint density at radius 3 is 3.12 bits per heavy atom. The van der Waals surface area contributed by atoms with Crippen molar-refractivity contribution >= 4 is 11.6 Å². The van der Waals surface area contributed by atoms with Crippen LogP contribution in [-0.4, -0.2) is 28.2 Å². The van der Waals surface area contributed by atoms with Crippen molar-refractivity contribution in [2.24, 2.45) is 0 Å². The molecule has 0 amide bonds. The summed E-state index contributed by atoms with van der Waals surface area (Å²) in [5.41, 5.74) is 0.883. The van der Waals surface area contributed by atoms with E-state index in [-0.39, 0.29) is 5.38 Å². The minimum absolute atomic E-state index is 0.0226. The molecule has 0 N–H and O–H groups in total. The third kappa shape index (κ3) is 2.99. The van der Waals surface area contributed by atoms with Crippen LogP contribution in [-0.2, 0) is 4.74 Å². The number of ether oxygens (including phenoxy) is 1. The summed E-state index contributed by atoms with van der Waals surface area (Å²) in [7, 11) is 1.78. The molecule has 1 aliphatic rings. The van der Waals surface area contributed by atoms with Gasteiger partial charge >= 0.3 is 0 Å². The zero-order chi connectivity index (χ0) is 12.3. The van der Waals surface area contributed by atoms with Crippen LogP contribution in [0.4, 0.5) is 0 Å². The minimum Gasteiger partial charge on any atom is -0.381 e. The molecule has 3 unspecified atom stereocenters. The summed E-state index contributed by atoms with van der Waals surface area (Å²) in [6.07, 6.45) is 7.76. The summed E-state index contributed by atoms with van der Waals surface area (Å²) in [5, 5.41) is 8.33. The molecule has 0 bridgehead atoms. The van der Waals surface area contributed by atoms with Crippen LogP contribution >= 0.6 is 11.6 Å². The highest BCUT2D eigenvalue weighted by Crippen LogP contribution is 2.30. The highest BCUT2D eigenvalue weighted by molar-refractivity contribution is 6.20. The second-order valence-electron chi connectivity index (χ2n) is 4.68. The van der Waals surface area contributed by atoms with Crippen molar-refractivity contribution in [2.45, 2.75) is 56.6 Å². The van der Waals surface area contributed by atoms with E-state index in [4.69, 9.17) is 16.3 Å². The Morgan fingerprint density at radius 1 is 1.59 bits per heavy atom. The molecule has 2 rings (SSSR count). The van der Waals surface area contributed by atoms with Crippen LogP contribution in [0.25, 0.3) is 0 Å². The number of hydrogen-bond donors (Lipinski definition) is 0. The van der Waals surface area contributed by atoms with Crippen LogP contribution in [0.1, 0.15) is 56.1 Å². The van der Waals surface area contributed by atoms with E-state index in [9.17, 15) is 0 Å². The Labute approximate surface area is 107 Å². The van der Waals surface area contributed by atoms with Gasteiger partial charge in [0.25, 0.3) is 0 Å². The summed E-state index contributed by atoms with van der Waals surface area (Å²) in [4.78, 5) is 0. The van der Waals surface area contributed by atoms with Crippen LogP contribution in [0.3, 0.4) is 0 Å². The molecular formula is C12H20ClN3O. The Hall–Kier alpha value is -0.610. The molecule has 0 radical (unpaired) electrons. The van der Waals surface area contributed by atoms with Gasteiger partial charge in [-0.1, -0.05) is 12.1 Å². The van der Waals surface area contributed by atoms with Crippen molar-refractivity contribution in [3.63, 3.8) is 0 Å². The molecule has 0 aliphatic heterocycles. The molecule has 0 spiro atoms. The highest BCUT2D eigenvalue weighted by Gasteiger charge is 2.24. The molecule has 1 heterocycles. The lowest BCUT2D eigenvalue weighted by Gasteiger charge is -2.27. The van der Waals surface area contributed by atoms with Crippen LogP contribution < -0.4 is 0 Å². The normalized spacial score (nSPS) is 27.0. The fourth-order valence-corrected chi connectivity index (χ4v) is 2.50. The van der Waals surface area contributed by atoms with Gasteiger partial charge in [0.2, 0.25) is 0 Å². The second kappa shape index (κ2) is 5.83. The minimum atomic E-state index is -0.0226. The molecular weight excluding hydrogens is 238 g/mol. The summed E-state index contributed by atoms with van der Waals surface area (Å²) >= 11 is 6.16. The number of rotatable bonds is 4. The molecule has 96 valence electrons. The molecule has 1 aromatic heterocycles. The van der Waals surface area contributed by atoms with Gasteiger partial charge in [-0.05, 0) is 32.1 Å². The van der Waals surface area contributed by atoms with E-state index in [1.54, 1.807) is 7.11 Å². The Bertz CT molecular complexity index is 355. The average molecular weight is 258 g/mol. The van der Waals surface area contributed by atoms with E-state index in [0.29, 0.717) is 12.1 Å². The van der Waals surface area contributed by atoms with Crippen LogP contribution in [0.2, 0.25) is 0 Å². The number of nitrogens with zero attached hydrogens (tertiary/aromatic N) is 3. The summed E-state index contributed by atoms with van der Waals surface area (Å²) in [6, 6.07) is 0.413. The van der Waals surface area contributed by atoms with Gasteiger partial charge < -0.3 is 4.74 Å². The highest BCUT2D eigenvalue weighted by atomic mass is 35.5. The monoisotopic (exact) mass is 257 g/mol. The van der Waals surface area contributed by atoms with Crippen molar-refractivity contribution in [3.8, 4) is 0 Å². The SMILES string of the molecule is CCC(Cl)c1cn(C2CCCC(OC)C2)nn1. The molecule has 3 atom stereocenters. The lowest BCUT2D eigenvalue weighted by atomic mass is 9.93. The first-order chi connectivity index (χ1) is 8.24. The summed E-state index contributed by atoms with van der Waals surface area (Å²) in [6.45, 7) is 2.05. The van der Waals surface area contributed by atoms with Crippen molar-refractivity contribution in [2.75, 3.05) is 7.11 Å². The third-order valence-electron chi connectivity index (χ3n) is 3.51. The lowest BCUT2D eigenvalue weighted by molar-refractivity contribution is 0.0504. The van der Waals surface area contributed by atoms with Gasteiger partial charge in [-0.3, -0.25) is 0 Å². The van der Waals surface area contributed by atoms with Crippen LogP contribution in [0, 0.1) is 0 Å². The molecule has 0 saturated heterocycles. The van der Waals surface area contributed by atoms with E-state index < -0.39 is 0 Å². The molecule has 5 heteroatoms. The van der Waals surface area contributed by atoms with Gasteiger partial charge in [0.15, 0.2) is 0 Å². The maximum atomic E-state index is 6.16. The first-order valence-corrected chi connectivity index (χ1v) is 6.76. The molecule has 1 fully saturated rings. The number of alkyl halides is 1. The van der Waals surface area contributed by atoms with Crippen molar-refractivity contribution in [3.05, 3.63) is 11.9 Å². The molecule has 0 aromatic carbocycles. The van der Waals surface area contributed by atoms with Crippen LogP contribution in [0.5, 0.6) is 0 Å². The Kier molecular flexibility index (Phi) is 4.40. The van der Waals surface area contributed by atoms with E-state index >= 15 is 0 Å². The molecule has 4 nitrogen and oxygen atoms in total. The third-order valence-corrected chi connectivity index (χ3v) is 4.05. The fraction of sp³-hybridized carbons (Fsp3) is 0.833. The summed E-state index contributed by atoms with van der Waals surface area (Å²) in [5.74, 6) is 0. The molecule has 1 aliphatic carbocycles. The zero-order valence-electron chi connectivity index (χ0n) is 10.5. The molecule has 1 saturated carbocycles. The van der Waals surface area contributed by atoms with Crippen LogP contribution in [0.15, 0.2) is 6.20 Å². The van der Waals surface area contributed by atoms with Gasteiger partial charge in [0, 0.05) is 7.11 Å². The maximum Gasteiger partial charge on any atom is 0.101 e. The smallest absolute Gasteiger partial charge is 0.101 e. The Balaban J connectivity index is 2.04. The van der Waals surface area contributed by atoms with E-state index in [1.165, 1.54) is 6.42 Å². The van der Waals surface area contributed by atoms with Gasteiger partial charge in [-0.15, -0.1) is 16.7 Å². The van der Waals surface area contributed by atoms with E-state index in [2.05, 4.69) is 17.2 Å². The summed E-state index contributed by atoms with van der Waals surface area (Å²) < 4.78 is 7.39. The zero-order valence-corrected chi connectivity index (χ0v) is 11.2. The largest absolute Gasteiger partial charge is 0.381 e. The fourth-order valence-electron chi connectivity index (χ4n) is 2.40. The topological polar surface area (TPSA) is 39.9 Å². The number of aromatic nitrogens is 3. The lowest BCUT2D eigenvalue weighted by Crippen LogP contribution is -2.24. The number of hydrogen-bond acceptors (Lipinski definition) is 3. The Morgan fingerprint density at radius 2 is 2.41 bits per heavy atom. The van der Waals surface area contributed by atoms with E-state index in [1.807, 2.05) is 10.9 Å². The predicted octanol–water partition coefficient (Wildman–Crippen LogP) is 3.10. The average Bonchev–Trinajstić information content (AvgIpc) is 2.87. The molecule has 17 heavy (non-hydrogen) atoms. The van der Waals surface area contributed by atoms with Crippen molar-refractivity contribution < 1.29 is 4.74 Å². The van der Waals surface area contributed by atoms with E-state index in [0.717, 1.165) is 31.4 Å². The molecule has 1 aromatic rings. The standard InChI is InChI=1S/C12H20ClN3O/c1-3-11(13)12-8-16(15-14-12)9-5-4-6-10(7-9)17-2/h8-11H,3-7H2,1-2H3. The predicted molar refractivity (Wildman–Crippen MR) is 67.2 cm³/mol. The first-order valence-electron chi connectivity index (χ1n) is 6.33. The first kappa shape index (κ1) is 12.8. The second-order valence-corrected chi connectivity index (χ2v) is 5.20. The number of halogens is 1. The number of methoxy groups -OCH3 is 1. The van der Waals surface area contributed by atoms with Gasteiger partial charge in [0.05, 0.1) is 23.7 Å². The quantitative estimate of drug-likeness (QED) is 0.778. The van der Waals surface area contributed by atoms with Gasteiger partial charge in [0.1, 0.15) is 5.69 Å². The maximum absolute atomic E-state index is 6.16. The van der Waals surface area contributed by atoms with Gasteiger partial charge in [-0.2, -0.15) is 0 Å².